The molecule has 2 saturated carbocycles. The standard InChI is InChI=1S/C15H15BrFN/c16-14-4-3-13(17)6-11(14)8-15(9-18)7-10-1-2-12(15)5-10/h3-4,6,10,12H,1-2,5,7-8H2. The third kappa shape index (κ3) is 1.87. The van der Waals surface area contributed by atoms with Crippen LogP contribution >= 0.6 is 15.9 Å². The molecule has 0 N–H and O–H groups in total. The zero-order chi connectivity index (χ0) is 12.8. The Morgan fingerprint density at radius 1 is 1.44 bits per heavy atom. The summed E-state index contributed by atoms with van der Waals surface area (Å²) < 4.78 is 14.3. The van der Waals surface area contributed by atoms with Gasteiger partial charge in [-0.1, -0.05) is 22.4 Å². The van der Waals surface area contributed by atoms with Crippen LogP contribution in [-0.2, 0) is 6.42 Å². The molecule has 0 aliphatic heterocycles. The van der Waals surface area contributed by atoms with Crippen molar-refractivity contribution in [3.05, 3.63) is 34.1 Å². The molecule has 3 heteroatoms. The first-order chi connectivity index (χ1) is 8.63. The highest BCUT2D eigenvalue weighted by atomic mass is 79.9. The lowest BCUT2D eigenvalue weighted by molar-refractivity contribution is 0.239. The molecule has 0 heterocycles. The van der Waals surface area contributed by atoms with Gasteiger partial charge in [-0.15, -0.1) is 0 Å². The minimum absolute atomic E-state index is 0.218. The topological polar surface area (TPSA) is 23.8 Å². The maximum Gasteiger partial charge on any atom is 0.123 e. The monoisotopic (exact) mass is 307 g/mol. The van der Waals surface area contributed by atoms with E-state index in [-0.39, 0.29) is 11.2 Å². The van der Waals surface area contributed by atoms with Crippen molar-refractivity contribution in [2.45, 2.75) is 32.1 Å². The van der Waals surface area contributed by atoms with E-state index in [1.54, 1.807) is 12.1 Å². The van der Waals surface area contributed by atoms with Crippen molar-refractivity contribution >= 4 is 15.9 Å². The highest BCUT2D eigenvalue weighted by Gasteiger charge is 2.51. The van der Waals surface area contributed by atoms with Crippen LogP contribution in [0.15, 0.2) is 22.7 Å². The van der Waals surface area contributed by atoms with Gasteiger partial charge in [-0.05, 0) is 61.3 Å². The molecule has 1 nitrogen and oxygen atoms in total. The van der Waals surface area contributed by atoms with E-state index in [1.165, 1.54) is 25.3 Å². The average Bonchev–Trinajstić information content (AvgIpc) is 2.94. The molecule has 0 amide bonds. The molecule has 3 unspecified atom stereocenters. The van der Waals surface area contributed by atoms with Crippen molar-refractivity contribution in [1.29, 1.82) is 5.26 Å². The molecule has 1 aromatic carbocycles. The molecule has 0 spiro atoms. The highest BCUT2D eigenvalue weighted by molar-refractivity contribution is 9.10. The zero-order valence-corrected chi connectivity index (χ0v) is 11.7. The number of hydrogen-bond donors (Lipinski definition) is 0. The summed E-state index contributed by atoms with van der Waals surface area (Å²) in [6, 6.07) is 7.32. The van der Waals surface area contributed by atoms with Crippen molar-refractivity contribution in [3.8, 4) is 6.07 Å². The summed E-state index contributed by atoms with van der Waals surface area (Å²) in [6.07, 6.45) is 5.32. The first kappa shape index (κ1) is 12.2. The van der Waals surface area contributed by atoms with Crippen LogP contribution in [0.1, 0.15) is 31.2 Å². The van der Waals surface area contributed by atoms with Crippen molar-refractivity contribution in [2.24, 2.45) is 17.3 Å². The van der Waals surface area contributed by atoms with E-state index in [9.17, 15) is 9.65 Å². The maximum absolute atomic E-state index is 13.3. The minimum atomic E-state index is -0.251. The summed E-state index contributed by atoms with van der Waals surface area (Å²) in [4.78, 5) is 0. The van der Waals surface area contributed by atoms with Crippen LogP contribution in [0.2, 0.25) is 0 Å². The van der Waals surface area contributed by atoms with Crippen LogP contribution in [0.3, 0.4) is 0 Å². The third-order valence-electron chi connectivity index (χ3n) is 4.71. The van der Waals surface area contributed by atoms with Gasteiger partial charge in [-0.3, -0.25) is 0 Å². The summed E-state index contributed by atoms with van der Waals surface area (Å²) in [5, 5.41) is 9.60. The van der Waals surface area contributed by atoms with Crippen LogP contribution in [0.25, 0.3) is 0 Å². The van der Waals surface area contributed by atoms with Gasteiger partial charge in [0.2, 0.25) is 0 Å². The van der Waals surface area contributed by atoms with Gasteiger partial charge in [0.15, 0.2) is 0 Å². The van der Waals surface area contributed by atoms with Gasteiger partial charge in [0.05, 0.1) is 11.5 Å². The lowest BCUT2D eigenvalue weighted by Crippen LogP contribution is -2.28. The van der Waals surface area contributed by atoms with Gasteiger partial charge in [0.1, 0.15) is 5.82 Å². The SMILES string of the molecule is N#CC1(Cc2cc(F)ccc2Br)CC2CCC1C2. The maximum atomic E-state index is 13.3. The number of benzene rings is 1. The zero-order valence-electron chi connectivity index (χ0n) is 10.1. The van der Waals surface area contributed by atoms with E-state index in [2.05, 4.69) is 22.0 Å². The second kappa shape index (κ2) is 4.35. The minimum Gasteiger partial charge on any atom is -0.207 e. The number of halogens is 2. The molecule has 2 aliphatic carbocycles. The first-order valence-corrected chi connectivity index (χ1v) is 7.27. The molecule has 2 bridgehead atoms. The summed E-state index contributed by atoms with van der Waals surface area (Å²) in [5.41, 5.74) is 0.684. The summed E-state index contributed by atoms with van der Waals surface area (Å²) in [6.45, 7) is 0. The van der Waals surface area contributed by atoms with Crippen LogP contribution in [-0.4, -0.2) is 0 Å². The molecule has 0 saturated heterocycles. The molecule has 0 radical (unpaired) electrons. The molecule has 2 fully saturated rings. The second-order valence-corrected chi connectivity index (χ2v) is 6.61. The molecular weight excluding hydrogens is 293 g/mol. The molecule has 1 aromatic rings. The number of hydrogen-bond acceptors (Lipinski definition) is 1. The lowest BCUT2D eigenvalue weighted by atomic mass is 9.70. The third-order valence-corrected chi connectivity index (χ3v) is 5.49. The Morgan fingerprint density at radius 3 is 2.89 bits per heavy atom. The van der Waals surface area contributed by atoms with Crippen LogP contribution in [0, 0.1) is 34.4 Å². The van der Waals surface area contributed by atoms with E-state index in [0.29, 0.717) is 12.3 Å². The van der Waals surface area contributed by atoms with Gasteiger partial charge in [0, 0.05) is 4.47 Å². The Morgan fingerprint density at radius 2 is 2.28 bits per heavy atom. The normalized spacial score (nSPS) is 33.6. The smallest absolute Gasteiger partial charge is 0.123 e. The Kier molecular flexibility index (Phi) is 2.94. The molecule has 3 rings (SSSR count). The summed E-state index contributed by atoms with van der Waals surface area (Å²) in [5.74, 6) is 1.02. The van der Waals surface area contributed by atoms with E-state index in [4.69, 9.17) is 0 Å². The Bertz CT molecular complexity index is 522. The number of nitrogens with zero attached hydrogens (tertiary/aromatic N) is 1. The van der Waals surface area contributed by atoms with E-state index < -0.39 is 0 Å². The van der Waals surface area contributed by atoms with Crippen molar-refractivity contribution in [2.75, 3.05) is 0 Å². The summed E-state index contributed by atoms with van der Waals surface area (Å²) >= 11 is 3.47. The lowest BCUT2D eigenvalue weighted by Gasteiger charge is -2.31. The predicted octanol–water partition coefficient (Wildman–Crippen LogP) is 4.46. The van der Waals surface area contributed by atoms with E-state index >= 15 is 0 Å². The predicted molar refractivity (Wildman–Crippen MR) is 71.3 cm³/mol. The van der Waals surface area contributed by atoms with Gasteiger partial charge in [0.25, 0.3) is 0 Å². The summed E-state index contributed by atoms with van der Waals surface area (Å²) in [7, 11) is 0. The average molecular weight is 308 g/mol. The van der Waals surface area contributed by atoms with Gasteiger partial charge in [-0.25, -0.2) is 4.39 Å². The fourth-order valence-corrected chi connectivity index (χ4v) is 4.24. The molecule has 94 valence electrons. The Labute approximate surface area is 115 Å². The van der Waals surface area contributed by atoms with Crippen molar-refractivity contribution < 1.29 is 4.39 Å². The quantitative estimate of drug-likeness (QED) is 0.791. The highest BCUT2D eigenvalue weighted by Crippen LogP contribution is 2.57. The van der Waals surface area contributed by atoms with Crippen molar-refractivity contribution in [1.82, 2.24) is 0 Å². The fraction of sp³-hybridized carbons (Fsp3) is 0.533. The number of rotatable bonds is 2. The number of nitriles is 1. The van der Waals surface area contributed by atoms with Crippen LogP contribution in [0.4, 0.5) is 4.39 Å². The van der Waals surface area contributed by atoms with Gasteiger partial charge in [-0.2, -0.15) is 5.26 Å². The van der Waals surface area contributed by atoms with Crippen molar-refractivity contribution in [3.63, 3.8) is 0 Å². The second-order valence-electron chi connectivity index (χ2n) is 5.76. The molecule has 2 aliphatic rings. The van der Waals surface area contributed by atoms with Gasteiger partial charge >= 0.3 is 0 Å². The van der Waals surface area contributed by atoms with E-state index in [1.807, 2.05) is 0 Å². The molecular formula is C15H15BrFN. The Hall–Kier alpha value is -0.880. The fourth-order valence-electron chi connectivity index (χ4n) is 3.86. The van der Waals surface area contributed by atoms with Crippen LogP contribution in [0.5, 0.6) is 0 Å². The molecule has 18 heavy (non-hydrogen) atoms. The largest absolute Gasteiger partial charge is 0.207 e. The first-order valence-electron chi connectivity index (χ1n) is 6.48. The molecule has 3 atom stereocenters. The number of fused-ring (bicyclic) bond motifs is 2. The van der Waals surface area contributed by atoms with Crippen LogP contribution < -0.4 is 0 Å². The Balaban J connectivity index is 1.91. The molecule has 0 aromatic heterocycles. The van der Waals surface area contributed by atoms with E-state index in [0.717, 1.165) is 22.4 Å². The van der Waals surface area contributed by atoms with Gasteiger partial charge < -0.3 is 0 Å².